The second-order valence-corrected chi connectivity index (χ2v) is 11.7. The molecule has 0 aromatic heterocycles. The van der Waals surface area contributed by atoms with Crippen molar-refractivity contribution in [3.05, 3.63) is 95.1 Å². The Kier molecular flexibility index (Phi) is 6.62. The zero-order chi connectivity index (χ0) is 24.4. The number of nitrogens with one attached hydrogen (secondary N) is 2. The minimum absolute atomic E-state index is 0.0369. The average Bonchev–Trinajstić information content (AvgIpc) is 3.56. The molecule has 1 saturated carbocycles. The zero-order valence-corrected chi connectivity index (χ0v) is 20.7. The Balaban J connectivity index is 1.18. The van der Waals surface area contributed by atoms with Gasteiger partial charge in [-0.2, -0.15) is 0 Å². The SMILES string of the molecule is CC(NC(=O)Nc1ccc(S(=O)(=O)Cc2ccc3c(c2)CN(CC2CC2)C3)cc1)c1ccccc1. The first kappa shape index (κ1) is 23.6. The fourth-order valence-corrected chi connectivity index (χ4v) is 5.98. The van der Waals surface area contributed by atoms with E-state index in [4.69, 9.17) is 0 Å². The first-order valence-corrected chi connectivity index (χ1v) is 13.8. The molecule has 1 heterocycles. The van der Waals surface area contributed by atoms with E-state index in [-0.39, 0.29) is 22.7 Å². The van der Waals surface area contributed by atoms with Crippen LogP contribution in [0.5, 0.6) is 0 Å². The third-order valence-corrected chi connectivity index (χ3v) is 8.45. The molecule has 35 heavy (non-hydrogen) atoms. The molecule has 5 rings (SSSR count). The number of amides is 2. The molecule has 1 fully saturated rings. The Morgan fingerprint density at radius 1 is 0.971 bits per heavy atom. The molecule has 3 aromatic carbocycles. The molecule has 182 valence electrons. The minimum atomic E-state index is -3.50. The molecule has 3 aromatic rings. The van der Waals surface area contributed by atoms with E-state index < -0.39 is 9.84 Å². The van der Waals surface area contributed by atoms with Gasteiger partial charge in [0.1, 0.15) is 0 Å². The van der Waals surface area contributed by atoms with Gasteiger partial charge < -0.3 is 10.6 Å². The first-order valence-electron chi connectivity index (χ1n) is 12.1. The lowest BCUT2D eigenvalue weighted by Gasteiger charge is -2.15. The van der Waals surface area contributed by atoms with E-state index in [0.29, 0.717) is 5.69 Å². The maximum Gasteiger partial charge on any atom is 0.319 e. The van der Waals surface area contributed by atoms with Gasteiger partial charge in [-0.3, -0.25) is 4.90 Å². The number of nitrogens with zero attached hydrogens (tertiary/aromatic N) is 1. The quantitative estimate of drug-likeness (QED) is 0.452. The maximum atomic E-state index is 13.0. The second-order valence-electron chi connectivity index (χ2n) is 9.73. The highest BCUT2D eigenvalue weighted by atomic mass is 32.2. The maximum absolute atomic E-state index is 13.0. The van der Waals surface area contributed by atoms with Gasteiger partial charge in [-0.1, -0.05) is 48.5 Å². The van der Waals surface area contributed by atoms with Crippen molar-refractivity contribution >= 4 is 21.6 Å². The predicted octanol–water partition coefficient (Wildman–Crippen LogP) is 5.27. The summed E-state index contributed by atoms with van der Waals surface area (Å²) >= 11 is 0. The van der Waals surface area contributed by atoms with Crippen molar-refractivity contribution in [1.29, 1.82) is 0 Å². The van der Waals surface area contributed by atoms with Crippen LogP contribution in [-0.2, 0) is 28.7 Å². The molecular formula is C28H31N3O3S. The summed E-state index contributed by atoms with van der Waals surface area (Å²) in [7, 11) is -3.50. The largest absolute Gasteiger partial charge is 0.331 e. The molecule has 1 unspecified atom stereocenters. The van der Waals surface area contributed by atoms with E-state index in [0.717, 1.165) is 36.7 Å². The van der Waals surface area contributed by atoms with Gasteiger partial charge in [-0.25, -0.2) is 13.2 Å². The third kappa shape index (κ3) is 5.92. The fourth-order valence-electron chi connectivity index (χ4n) is 4.64. The van der Waals surface area contributed by atoms with Gasteiger partial charge in [-0.05, 0) is 72.2 Å². The Morgan fingerprint density at radius 3 is 2.40 bits per heavy atom. The van der Waals surface area contributed by atoms with Crippen LogP contribution < -0.4 is 10.6 Å². The average molecular weight is 490 g/mol. The number of anilines is 1. The standard InChI is InChI=1S/C28H31N3O3S/c1-20(23-5-3-2-4-6-23)29-28(32)30-26-11-13-27(14-12-26)35(33,34)19-22-9-10-24-17-31(16-21-7-8-21)18-25(24)15-22/h2-6,9-15,20-21H,7-8,16-19H2,1H3,(H2,29,30,32). The summed E-state index contributed by atoms with van der Waals surface area (Å²) in [5.74, 6) is 0.810. The van der Waals surface area contributed by atoms with E-state index in [9.17, 15) is 13.2 Å². The van der Waals surface area contributed by atoms with Crippen LogP contribution in [-0.4, -0.2) is 25.9 Å². The summed E-state index contributed by atoms with van der Waals surface area (Å²) in [6.07, 6.45) is 2.67. The Labute approximate surface area is 207 Å². The van der Waals surface area contributed by atoms with Crippen LogP contribution in [0.25, 0.3) is 0 Å². The van der Waals surface area contributed by atoms with Crippen molar-refractivity contribution in [3.8, 4) is 0 Å². The number of fused-ring (bicyclic) bond motifs is 1. The van der Waals surface area contributed by atoms with Gasteiger partial charge in [0, 0.05) is 25.3 Å². The van der Waals surface area contributed by atoms with E-state index in [1.54, 1.807) is 24.3 Å². The van der Waals surface area contributed by atoms with Crippen molar-refractivity contribution < 1.29 is 13.2 Å². The Morgan fingerprint density at radius 2 is 1.69 bits per heavy atom. The van der Waals surface area contributed by atoms with E-state index in [1.807, 2.05) is 49.4 Å². The number of hydrogen-bond donors (Lipinski definition) is 2. The summed E-state index contributed by atoms with van der Waals surface area (Å²) in [6, 6.07) is 21.6. The molecule has 1 aliphatic heterocycles. The highest BCUT2D eigenvalue weighted by molar-refractivity contribution is 7.90. The molecule has 6 nitrogen and oxygen atoms in total. The van der Waals surface area contributed by atoms with Gasteiger partial charge in [0.05, 0.1) is 16.7 Å². The number of sulfone groups is 1. The van der Waals surface area contributed by atoms with Gasteiger partial charge in [0.25, 0.3) is 0 Å². The lowest BCUT2D eigenvalue weighted by Crippen LogP contribution is -2.31. The second kappa shape index (κ2) is 9.84. The van der Waals surface area contributed by atoms with Crippen molar-refractivity contribution in [1.82, 2.24) is 10.2 Å². The third-order valence-electron chi connectivity index (χ3n) is 6.75. The molecule has 0 spiro atoms. The van der Waals surface area contributed by atoms with Crippen LogP contribution >= 0.6 is 0 Å². The highest BCUT2D eigenvalue weighted by Gasteiger charge is 2.28. The smallest absolute Gasteiger partial charge is 0.319 e. The van der Waals surface area contributed by atoms with Crippen LogP contribution in [0.3, 0.4) is 0 Å². The molecule has 1 aliphatic carbocycles. The van der Waals surface area contributed by atoms with E-state index in [2.05, 4.69) is 21.6 Å². The van der Waals surface area contributed by atoms with Crippen molar-refractivity contribution in [2.45, 2.75) is 49.5 Å². The van der Waals surface area contributed by atoms with Crippen molar-refractivity contribution in [3.63, 3.8) is 0 Å². The Bertz CT molecular complexity index is 1300. The minimum Gasteiger partial charge on any atom is -0.331 e. The number of carbonyl (C=O) groups is 1. The molecule has 2 amide bonds. The summed E-state index contributed by atoms with van der Waals surface area (Å²) in [4.78, 5) is 15.1. The topological polar surface area (TPSA) is 78.5 Å². The van der Waals surface area contributed by atoms with Gasteiger partial charge >= 0.3 is 6.03 Å². The van der Waals surface area contributed by atoms with Crippen LogP contribution in [0, 0.1) is 5.92 Å². The van der Waals surface area contributed by atoms with Crippen molar-refractivity contribution in [2.75, 3.05) is 11.9 Å². The lowest BCUT2D eigenvalue weighted by atomic mass is 10.1. The summed E-state index contributed by atoms with van der Waals surface area (Å²) in [5, 5.41) is 5.66. The summed E-state index contributed by atoms with van der Waals surface area (Å²) in [6.45, 7) is 4.93. The number of rotatable bonds is 8. The summed E-state index contributed by atoms with van der Waals surface area (Å²) in [5.41, 5.74) is 4.91. The molecule has 1 atom stereocenters. The monoisotopic (exact) mass is 489 g/mol. The normalized spacial score (nSPS) is 16.5. The van der Waals surface area contributed by atoms with Crippen LogP contribution in [0.4, 0.5) is 10.5 Å². The molecule has 2 N–H and O–H groups in total. The van der Waals surface area contributed by atoms with Gasteiger partial charge in [0.2, 0.25) is 0 Å². The molecule has 2 aliphatic rings. The predicted molar refractivity (Wildman–Crippen MR) is 138 cm³/mol. The summed E-state index contributed by atoms with van der Waals surface area (Å²) < 4.78 is 26.1. The molecular weight excluding hydrogens is 458 g/mol. The molecule has 0 saturated heterocycles. The fraction of sp³-hybridized carbons (Fsp3) is 0.321. The molecule has 0 radical (unpaired) electrons. The lowest BCUT2D eigenvalue weighted by molar-refractivity contribution is 0.249. The van der Waals surface area contributed by atoms with Crippen molar-refractivity contribution in [2.24, 2.45) is 5.92 Å². The van der Waals surface area contributed by atoms with Crippen LogP contribution in [0.15, 0.2) is 77.7 Å². The number of carbonyl (C=O) groups excluding carboxylic acids is 1. The van der Waals surface area contributed by atoms with E-state index in [1.165, 1.54) is 24.0 Å². The number of hydrogen-bond acceptors (Lipinski definition) is 4. The Hall–Kier alpha value is -3.16. The number of urea groups is 1. The molecule has 0 bridgehead atoms. The van der Waals surface area contributed by atoms with Gasteiger partial charge in [0.15, 0.2) is 9.84 Å². The van der Waals surface area contributed by atoms with Crippen LogP contribution in [0.1, 0.15) is 48.1 Å². The number of benzene rings is 3. The van der Waals surface area contributed by atoms with Crippen LogP contribution in [0.2, 0.25) is 0 Å². The van der Waals surface area contributed by atoms with E-state index >= 15 is 0 Å². The first-order chi connectivity index (χ1) is 16.9. The van der Waals surface area contributed by atoms with Gasteiger partial charge in [-0.15, -0.1) is 0 Å². The molecule has 7 heteroatoms. The zero-order valence-electron chi connectivity index (χ0n) is 19.9. The highest BCUT2D eigenvalue weighted by Crippen LogP contribution is 2.33.